The van der Waals surface area contributed by atoms with Gasteiger partial charge in [-0.05, 0) is 29.1 Å². The van der Waals surface area contributed by atoms with Crippen molar-refractivity contribution < 1.29 is 0 Å². The van der Waals surface area contributed by atoms with Crippen LogP contribution in [0.1, 0.15) is 5.56 Å². The maximum atomic E-state index is 5.86. The van der Waals surface area contributed by atoms with Crippen molar-refractivity contribution in [3.8, 4) is 0 Å². The van der Waals surface area contributed by atoms with Crippen molar-refractivity contribution in [2.45, 2.75) is 6.54 Å². The van der Waals surface area contributed by atoms with Crippen LogP contribution in [-0.2, 0) is 6.54 Å². The Hall–Kier alpha value is -2.13. The second-order valence-electron chi connectivity index (χ2n) is 4.21. The van der Waals surface area contributed by atoms with E-state index in [0.29, 0.717) is 11.7 Å². The highest BCUT2D eigenvalue weighted by atomic mass is 35.5. The number of anilines is 1. The number of aromatic nitrogens is 2. The van der Waals surface area contributed by atoms with Crippen LogP contribution in [0.3, 0.4) is 0 Å². The zero-order chi connectivity index (χ0) is 13.1. The standard InChI is InChI=1S/C15H12ClN3/c16-14-5-2-6-15(19-14)18-10-12-4-1-3-11-9-17-8-7-13(11)12/h1-9H,10H2,(H,18,19). The zero-order valence-corrected chi connectivity index (χ0v) is 10.9. The maximum absolute atomic E-state index is 5.86. The van der Waals surface area contributed by atoms with Crippen molar-refractivity contribution in [1.29, 1.82) is 0 Å². The van der Waals surface area contributed by atoms with Crippen LogP contribution in [0.15, 0.2) is 54.9 Å². The molecule has 0 aliphatic heterocycles. The molecule has 3 nitrogen and oxygen atoms in total. The molecule has 0 saturated carbocycles. The number of nitrogens with zero attached hydrogens (tertiary/aromatic N) is 2. The maximum Gasteiger partial charge on any atom is 0.131 e. The van der Waals surface area contributed by atoms with Crippen LogP contribution >= 0.6 is 11.6 Å². The molecular formula is C15H12ClN3. The number of halogens is 1. The fraction of sp³-hybridized carbons (Fsp3) is 0.0667. The Morgan fingerprint density at radius 1 is 1.05 bits per heavy atom. The van der Waals surface area contributed by atoms with Crippen molar-refractivity contribution in [3.63, 3.8) is 0 Å². The van der Waals surface area contributed by atoms with E-state index in [2.05, 4.69) is 27.4 Å². The summed E-state index contributed by atoms with van der Waals surface area (Å²) in [4.78, 5) is 8.34. The van der Waals surface area contributed by atoms with Gasteiger partial charge in [-0.25, -0.2) is 4.98 Å². The summed E-state index contributed by atoms with van der Waals surface area (Å²) in [6.07, 6.45) is 3.68. The summed E-state index contributed by atoms with van der Waals surface area (Å²) in [5, 5.41) is 6.11. The first-order chi connectivity index (χ1) is 9.33. The van der Waals surface area contributed by atoms with Gasteiger partial charge in [-0.1, -0.05) is 35.9 Å². The van der Waals surface area contributed by atoms with Gasteiger partial charge in [-0.2, -0.15) is 0 Å². The zero-order valence-electron chi connectivity index (χ0n) is 10.2. The lowest BCUT2D eigenvalue weighted by molar-refractivity contribution is 1.12. The summed E-state index contributed by atoms with van der Waals surface area (Å²) < 4.78 is 0. The van der Waals surface area contributed by atoms with E-state index >= 15 is 0 Å². The predicted octanol–water partition coefficient (Wildman–Crippen LogP) is 3.90. The fourth-order valence-corrected chi connectivity index (χ4v) is 2.20. The quantitative estimate of drug-likeness (QED) is 0.733. The van der Waals surface area contributed by atoms with Crippen LogP contribution in [0, 0.1) is 0 Å². The lowest BCUT2D eigenvalue weighted by Crippen LogP contribution is -2.01. The first-order valence-corrected chi connectivity index (χ1v) is 6.39. The number of pyridine rings is 2. The smallest absolute Gasteiger partial charge is 0.131 e. The van der Waals surface area contributed by atoms with Gasteiger partial charge in [-0.3, -0.25) is 4.98 Å². The van der Waals surface area contributed by atoms with E-state index in [1.165, 1.54) is 10.9 Å². The van der Waals surface area contributed by atoms with Crippen molar-refractivity contribution in [2.75, 3.05) is 5.32 Å². The second-order valence-corrected chi connectivity index (χ2v) is 4.60. The minimum absolute atomic E-state index is 0.493. The third kappa shape index (κ3) is 2.66. The van der Waals surface area contributed by atoms with Crippen molar-refractivity contribution in [1.82, 2.24) is 9.97 Å². The molecule has 0 atom stereocenters. The molecule has 3 rings (SSSR count). The average Bonchev–Trinajstić information content (AvgIpc) is 2.45. The Labute approximate surface area is 116 Å². The molecular weight excluding hydrogens is 258 g/mol. The van der Waals surface area contributed by atoms with E-state index in [-0.39, 0.29) is 0 Å². The summed E-state index contributed by atoms with van der Waals surface area (Å²) in [5.41, 5.74) is 1.21. The highest BCUT2D eigenvalue weighted by Gasteiger charge is 2.01. The number of rotatable bonds is 3. The van der Waals surface area contributed by atoms with Gasteiger partial charge >= 0.3 is 0 Å². The Morgan fingerprint density at radius 3 is 2.84 bits per heavy atom. The van der Waals surface area contributed by atoms with Crippen LogP contribution in [0.25, 0.3) is 10.8 Å². The number of fused-ring (bicyclic) bond motifs is 1. The fourth-order valence-electron chi connectivity index (χ4n) is 2.04. The second kappa shape index (κ2) is 5.24. The van der Waals surface area contributed by atoms with E-state index < -0.39 is 0 Å². The monoisotopic (exact) mass is 269 g/mol. The molecule has 0 spiro atoms. The molecule has 0 radical (unpaired) electrons. The van der Waals surface area contributed by atoms with E-state index in [1.807, 2.05) is 36.7 Å². The Kier molecular flexibility index (Phi) is 3.29. The predicted molar refractivity (Wildman–Crippen MR) is 78.3 cm³/mol. The van der Waals surface area contributed by atoms with Gasteiger partial charge < -0.3 is 5.32 Å². The van der Waals surface area contributed by atoms with Crippen molar-refractivity contribution in [3.05, 3.63) is 65.6 Å². The third-order valence-corrected chi connectivity index (χ3v) is 3.16. The Bertz CT molecular complexity index is 707. The van der Waals surface area contributed by atoms with E-state index in [9.17, 15) is 0 Å². The van der Waals surface area contributed by atoms with Crippen LogP contribution in [0.5, 0.6) is 0 Å². The van der Waals surface area contributed by atoms with Gasteiger partial charge in [0, 0.05) is 24.3 Å². The SMILES string of the molecule is Clc1cccc(NCc2cccc3cnccc23)n1. The summed E-state index contributed by atoms with van der Waals surface area (Å²) in [6.45, 7) is 0.703. The van der Waals surface area contributed by atoms with Crippen LogP contribution in [0.4, 0.5) is 5.82 Å². The Morgan fingerprint density at radius 2 is 1.95 bits per heavy atom. The molecule has 0 saturated heterocycles. The number of nitrogens with one attached hydrogen (secondary N) is 1. The van der Waals surface area contributed by atoms with Crippen molar-refractivity contribution >= 4 is 28.2 Å². The summed E-state index contributed by atoms with van der Waals surface area (Å²) in [6, 6.07) is 13.8. The molecule has 0 amide bonds. The summed E-state index contributed by atoms with van der Waals surface area (Å²) in [7, 11) is 0. The molecule has 0 aliphatic rings. The molecule has 1 aromatic carbocycles. The van der Waals surface area contributed by atoms with Gasteiger partial charge in [0.1, 0.15) is 11.0 Å². The molecule has 3 aromatic rings. The first kappa shape index (κ1) is 11.9. The lowest BCUT2D eigenvalue weighted by atomic mass is 10.1. The molecule has 2 heterocycles. The van der Waals surface area contributed by atoms with E-state index in [0.717, 1.165) is 11.2 Å². The lowest BCUT2D eigenvalue weighted by Gasteiger charge is -2.08. The molecule has 0 aliphatic carbocycles. The number of hydrogen-bond donors (Lipinski definition) is 1. The van der Waals surface area contributed by atoms with E-state index in [4.69, 9.17) is 11.6 Å². The molecule has 19 heavy (non-hydrogen) atoms. The number of hydrogen-bond acceptors (Lipinski definition) is 3. The van der Waals surface area contributed by atoms with Gasteiger partial charge in [0.2, 0.25) is 0 Å². The molecule has 1 N–H and O–H groups in total. The molecule has 0 fully saturated rings. The molecule has 2 aromatic heterocycles. The van der Waals surface area contributed by atoms with Gasteiger partial charge in [-0.15, -0.1) is 0 Å². The first-order valence-electron chi connectivity index (χ1n) is 6.01. The molecule has 0 bridgehead atoms. The van der Waals surface area contributed by atoms with Gasteiger partial charge in [0.05, 0.1) is 0 Å². The topological polar surface area (TPSA) is 37.8 Å². The van der Waals surface area contributed by atoms with Crippen LogP contribution in [-0.4, -0.2) is 9.97 Å². The summed E-state index contributed by atoms with van der Waals surface area (Å²) in [5.74, 6) is 0.776. The molecule has 94 valence electrons. The van der Waals surface area contributed by atoms with E-state index in [1.54, 1.807) is 6.07 Å². The third-order valence-electron chi connectivity index (χ3n) is 2.95. The van der Waals surface area contributed by atoms with Gasteiger partial charge in [0.25, 0.3) is 0 Å². The highest BCUT2D eigenvalue weighted by molar-refractivity contribution is 6.29. The highest BCUT2D eigenvalue weighted by Crippen LogP contribution is 2.18. The molecule has 0 unspecified atom stereocenters. The largest absolute Gasteiger partial charge is 0.366 e. The Balaban J connectivity index is 1.86. The van der Waals surface area contributed by atoms with Crippen LogP contribution < -0.4 is 5.32 Å². The summed E-state index contributed by atoms with van der Waals surface area (Å²) >= 11 is 5.86. The average molecular weight is 270 g/mol. The van der Waals surface area contributed by atoms with Gasteiger partial charge in [0.15, 0.2) is 0 Å². The molecule has 4 heteroatoms. The van der Waals surface area contributed by atoms with Crippen molar-refractivity contribution in [2.24, 2.45) is 0 Å². The minimum Gasteiger partial charge on any atom is -0.366 e. The normalized spacial score (nSPS) is 10.6. The van der Waals surface area contributed by atoms with Crippen LogP contribution in [0.2, 0.25) is 5.15 Å². The minimum atomic E-state index is 0.493. The number of benzene rings is 1.